The van der Waals surface area contributed by atoms with Crippen LogP contribution >= 0.6 is 0 Å². The van der Waals surface area contributed by atoms with Gasteiger partial charge in [-0.15, -0.1) is 6.58 Å². The third-order valence-corrected chi connectivity index (χ3v) is 12.2. The third-order valence-electron chi connectivity index (χ3n) is 12.2. The standard InChI is InChI=1S/C40H63N5O7/c1-12-16-41-35(51)33(49)26(17-23-14-13-15-23)42-34(50)32-31-25(40(31,10)11)21-45(32)36(52)24(37(2,3)4)18-28(46)43-27(38(5,6)7)22-44-29(47)19-39(8,9)20-30(44)48/h12,23-27,31-32H,1,13-22H2,2-11H3,(H,41,51)(H,42,50)(H,43,46)/t24-,25+,26?,27-,31+,32+/m1/s1. The third kappa shape index (κ3) is 9.13. The van der Waals surface area contributed by atoms with E-state index in [4.69, 9.17) is 0 Å². The number of amides is 6. The molecule has 2 aliphatic heterocycles. The maximum Gasteiger partial charge on any atom is 0.289 e. The van der Waals surface area contributed by atoms with Gasteiger partial charge in [-0.3, -0.25) is 38.5 Å². The van der Waals surface area contributed by atoms with Gasteiger partial charge in [0.1, 0.15) is 6.04 Å². The summed E-state index contributed by atoms with van der Waals surface area (Å²) < 4.78 is 0. The number of piperidine rings is 2. The molecule has 2 saturated heterocycles. The van der Waals surface area contributed by atoms with Gasteiger partial charge in [0.2, 0.25) is 35.3 Å². The van der Waals surface area contributed by atoms with Crippen LogP contribution in [0, 0.1) is 45.3 Å². The summed E-state index contributed by atoms with van der Waals surface area (Å²) in [5.74, 6) is -3.78. The minimum Gasteiger partial charge on any atom is -0.351 e. The van der Waals surface area contributed by atoms with Gasteiger partial charge >= 0.3 is 0 Å². The summed E-state index contributed by atoms with van der Waals surface area (Å²) in [6.45, 7) is 23.5. The van der Waals surface area contributed by atoms with Gasteiger partial charge in [0.05, 0.1) is 18.0 Å². The smallest absolute Gasteiger partial charge is 0.289 e. The first-order valence-corrected chi connectivity index (χ1v) is 19.1. The summed E-state index contributed by atoms with van der Waals surface area (Å²) >= 11 is 0. The molecule has 0 spiro atoms. The van der Waals surface area contributed by atoms with Crippen LogP contribution in [0.2, 0.25) is 0 Å². The van der Waals surface area contributed by atoms with Crippen LogP contribution in [0.4, 0.5) is 0 Å². The van der Waals surface area contributed by atoms with Gasteiger partial charge in [-0.25, -0.2) is 0 Å². The Morgan fingerprint density at radius 3 is 2.02 bits per heavy atom. The highest BCUT2D eigenvalue weighted by molar-refractivity contribution is 6.38. The Morgan fingerprint density at radius 2 is 1.52 bits per heavy atom. The van der Waals surface area contributed by atoms with Crippen molar-refractivity contribution in [2.75, 3.05) is 19.6 Å². The Morgan fingerprint density at radius 1 is 0.923 bits per heavy atom. The number of hydrogen-bond donors (Lipinski definition) is 3. The van der Waals surface area contributed by atoms with Gasteiger partial charge in [0, 0.05) is 38.9 Å². The molecule has 290 valence electrons. The summed E-state index contributed by atoms with van der Waals surface area (Å²) in [5, 5.41) is 8.48. The molecule has 0 aromatic rings. The summed E-state index contributed by atoms with van der Waals surface area (Å²) in [7, 11) is 0. The van der Waals surface area contributed by atoms with Crippen molar-refractivity contribution in [2.24, 2.45) is 45.3 Å². The average Bonchev–Trinajstić information content (AvgIpc) is 3.29. The van der Waals surface area contributed by atoms with Crippen LogP contribution in [-0.4, -0.2) is 88.8 Å². The number of likely N-dealkylation sites (tertiary alicyclic amines) is 2. The van der Waals surface area contributed by atoms with Gasteiger partial charge in [0.15, 0.2) is 0 Å². The van der Waals surface area contributed by atoms with Crippen LogP contribution in [0.15, 0.2) is 12.7 Å². The molecule has 12 heteroatoms. The topological polar surface area (TPSA) is 162 Å². The molecule has 2 aliphatic carbocycles. The van der Waals surface area contributed by atoms with Crippen LogP contribution in [0.1, 0.15) is 114 Å². The van der Waals surface area contributed by atoms with Crippen molar-refractivity contribution in [3.63, 3.8) is 0 Å². The summed E-state index contributed by atoms with van der Waals surface area (Å²) in [4.78, 5) is 97.4. The minimum atomic E-state index is -1.01. The second-order valence-electron chi connectivity index (χ2n) is 19.4. The van der Waals surface area contributed by atoms with Crippen LogP contribution in [0.5, 0.6) is 0 Å². The van der Waals surface area contributed by atoms with E-state index < -0.39 is 57.9 Å². The number of Topliss-reactive ketones (excluding diaryl/α,β-unsaturated/α-hetero) is 1. The predicted octanol–water partition coefficient (Wildman–Crippen LogP) is 3.77. The van der Waals surface area contributed by atoms with E-state index in [2.05, 4.69) is 36.4 Å². The van der Waals surface area contributed by atoms with Gasteiger partial charge in [-0.1, -0.05) is 94.6 Å². The van der Waals surface area contributed by atoms with Crippen LogP contribution in [-0.2, 0) is 33.6 Å². The van der Waals surface area contributed by atoms with E-state index in [1.807, 2.05) is 55.4 Å². The predicted molar refractivity (Wildman–Crippen MR) is 197 cm³/mol. The lowest BCUT2D eigenvalue weighted by Gasteiger charge is -2.40. The summed E-state index contributed by atoms with van der Waals surface area (Å²) in [6, 6.07) is -2.42. The number of nitrogens with one attached hydrogen (secondary N) is 3. The van der Waals surface area contributed by atoms with Crippen LogP contribution in [0.3, 0.4) is 0 Å². The number of nitrogens with zero attached hydrogens (tertiary/aromatic N) is 2. The van der Waals surface area contributed by atoms with Gasteiger partial charge < -0.3 is 20.9 Å². The molecule has 12 nitrogen and oxygen atoms in total. The summed E-state index contributed by atoms with van der Waals surface area (Å²) in [5.41, 5.74) is -1.78. The molecule has 6 atom stereocenters. The highest BCUT2D eigenvalue weighted by Crippen LogP contribution is 2.65. The Labute approximate surface area is 310 Å². The molecule has 1 unspecified atom stereocenters. The quantitative estimate of drug-likeness (QED) is 0.140. The first-order valence-electron chi connectivity index (χ1n) is 19.1. The van der Waals surface area contributed by atoms with E-state index in [-0.39, 0.29) is 79.1 Å². The first-order chi connectivity index (χ1) is 23.9. The number of ketones is 1. The van der Waals surface area contributed by atoms with Gasteiger partial charge in [-0.05, 0) is 45.8 Å². The molecule has 6 amide bonds. The second kappa shape index (κ2) is 15.0. The first kappa shape index (κ1) is 41.2. The molecule has 4 fully saturated rings. The molecule has 0 aromatic carbocycles. The fourth-order valence-electron chi connectivity index (χ4n) is 8.31. The molecule has 3 N–H and O–H groups in total. The van der Waals surface area contributed by atoms with E-state index in [9.17, 15) is 33.6 Å². The minimum absolute atomic E-state index is 0.0380. The van der Waals surface area contributed by atoms with Gasteiger partial charge in [-0.2, -0.15) is 0 Å². The molecular formula is C40H63N5O7. The zero-order valence-electron chi connectivity index (χ0n) is 33.1. The Bertz CT molecular complexity index is 1450. The lowest BCUT2D eigenvalue weighted by molar-refractivity contribution is -0.154. The lowest BCUT2D eigenvalue weighted by atomic mass is 9.77. The Balaban J connectivity index is 1.53. The van der Waals surface area contributed by atoms with Crippen molar-refractivity contribution in [3.8, 4) is 0 Å². The van der Waals surface area contributed by atoms with Crippen molar-refractivity contribution in [1.29, 1.82) is 0 Å². The SMILES string of the molecule is C=CCNC(=O)C(=O)C(CC1CCC1)NC(=O)[C@@H]1[C@@H]2[C@H](CN1C(=O)[C@@H](CC(=O)N[C@H](CN1C(=O)CC(C)(C)CC1=O)C(C)(C)C)C(C)(C)C)C2(C)C. The molecule has 0 radical (unpaired) electrons. The van der Waals surface area contributed by atoms with Crippen molar-refractivity contribution in [3.05, 3.63) is 12.7 Å². The maximum absolute atomic E-state index is 14.6. The number of carbonyl (C=O) groups excluding carboxylic acids is 7. The van der Waals surface area contributed by atoms with Crippen LogP contribution in [0.25, 0.3) is 0 Å². The van der Waals surface area contributed by atoms with Crippen molar-refractivity contribution >= 4 is 41.2 Å². The highest BCUT2D eigenvalue weighted by Gasteiger charge is 2.70. The fraction of sp³-hybridized carbons (Fsp3) is 0.775. The molecule has 4 aliphatic rings. The molecule has 2 saturated carbocycles. The number of rotatable bonds is 14. The molecule has 0 bridgehead atoms. The normalized spacial score (nSPS) is 25.6. The molecule has 2 heterocycles. The zero-order chi connectivity index (χ0) is 39.1. The highest BCUT2D eigenvalue weighted by atomic mass is 16.2. The number of fused-ring (bicyclic) bond motifs is 1. The monoisotopic (exact) mass is 725 g/mol. The Hall–Kier alpha value is -3.57. The van der Waals surface area contributed by atoms with Crippen molar-refractivity contribution in [2.45, 2.75) is 132 Å². The molecule has 0 aromatic heterocycles. The van der Waals surface area contributed by atoms with E-state index in [1.54, 1.807) is 4.90 Å². The molecule has 4 rings (SSSR count). The molecular weight excluding hydrogens is 662 g/mol. The second-order valence-corrected chi connectivity index (χ2v) is 19.4. The average molecular weight is 726 g/mol. The molecule has 52 heavy (non-hydrogen) atoms. The van der Waals surface area contributed by atoms with Crippen LogP contribution < -0.4 is 16.0 Å². The van der Waals surface area contributed by atoms with Gasteiger partial charge in [0.25, 0.3) is 5.91 Å². The number of imide groups is 1. The number of hydrogen-bond acceptors (Lipinski definition) is 7. The van der Waals surface area contributed by atoms with Crippen molar-refractivity contribution in [1.82, 2.24) is 25.8 Å². The maximum atomic E-state index is 14.6. The zero-order valence-corrected chi connectivity index (χ0v) is 33.1. The fourth-order valence-corrected chi connectivity index (χ4v) is 8.31. The lowest BCUT2D eigenvalue weighted by Crippen LogP contribution is -2.58. The Kier molecular flexibility index (Phi) is 11.9. The van der Waals surface area contributed by atoms with E-state index in [0.29, 0.717) is 13.0 Å². The van der Waals surface area contributed by atoms with E-state index in [1.165, 1.54) is 11.0 Å². The largest absolute Gasteiger partial charge is 0.351 e. The summed E-state index contributed by atoms with van der Waals surface area (Å²) in [6.07, 6.45) is 5.05. The van der Waals surface area contributed by atoms with Crippen molar-refractivity contribution < 1.29 is 33.6 Å². The number of carbonyl (C=O) groups is 7. The van der Waals surface area contributed by atoms with E-state index in [0.717, 1.165) is 19.3 Å². The van der Waals surface area contributed by atoms with E-state index >= 15 is 0 Å².